The Balaban J connectivity index is 1.24. The Kier molecular flexibility index (Phi) is 4.71. The molecule has 4 aliphatic carbocycles. The lowest BCUT2D eigenvalue weighted by molar-refractivity contribution is -0.148. The van der Waals surface area contributed by atoms with Crippen LogP contribution in [0.5, 0.6) is 0 Å². The molecule has 0 spiro atoms. The molecule has 186 valence electrons. The maximum absolute atomic E-state index is 13.0. The van der Waals surface area contributed by atoms with Crippen LogP contribution in [0.3, 0.4) is 0 Å². The zero-order chi connectivity index (χ0) is 24.6. The van der Waals surface area contributed by atoms with Gasteiger partial charge in [0.05, 0.1) is 28.6 Å². The summed E-state index contributed by atoms with van der Waals surface area (Å²) in [6, 6.07) is 4.37. The van der Waals surface area contributed by atoms with Gasteiger partial charge in [-0.3, -0.25) is 19.4 Å². The molecule has 36 heavy (non-hydrogen) atoms. The monoisotopic (exact) mass is 487 g/mol. The molecule has 4 saturated carbocycles. The summed E-state index contributed by atoms with van der Waals surface area (Å²) in [5.41, 5.74) is 1.03. The van der Waals surface area contributed by atoms with Gasteiger partial charge in [-0.15, -0.1) is 0 Å². The Bertz CT molecular complexity index is 1410. The second-order valence-corrected chi connectivity index (χ2v) is 11.4. The maximum atomic E-state index is 13.0. The van der Waals surface area contributed by atoms with Gasteiger partial charge in [0, 0.05) is 36.8 Å². The number of hydrogen-bond donors (Lipinski definition) is 3. The van der Waals surface area contributed by atoms with Crippen molar-refractivity contribution in [2.24, 2.45) is 23.7 Å². The van der Waals surface area contributed by atoms with E-state index in [4.69, 9.17) is 5.26 Å². The first-order valence-electron chi connectivity index (χ1n) is 13.0. The van der Waals surface area contributed by atoms with E-state index >= 15 is 0 Å². The average molecular weight is 488 g/mol. The van der Waals surface area contributed by atoms with Crippen LogP contribution in [-0.2, 0) is 9.59 Å². The number of nitrogens with one attached hydrogen (secondary N) is 2. The molecule has 4 heterocycles. The van der Waals surface area contributed by atoms with Crippen LogP contribution in [0, 0.1) is 35.0 Å². The predicted molar refractivity (Wildman–Crippen MR) is 130 cm³/mol. The molecule has 1 aliphatic heterocycles. The fourth-order valence-corrected chi connectivity index (χ4v) is 7.84. The van der Waals surface area contributed by atoms with Gasteiger partial charge in [0.2, 0.25) is 0 Å². The van der Waals surface area contributed by atoms with E-state index in [-0.39, 0.29) is 12.0 Å². The minimum absolute atomic E-state index is 0.0610. The fraction of sp³-hybridized carbons (Fsp3) is 0.577. The normalized spacial score (nSPS) is 31.7. The van der Waals surface area contributed by atoms with Crippen molar-refractivity contribution in [3.05, 3.63) is 18.5 Å². The number of pyridine rings is 1. The van der Waals surface area contributed by atoms with Crippen LogP contribution in [0.4, 0.5) is 5.82 Å². The Morgan fingerprint density at radius 1 is 1.14 bits per heavy atom. The lowest BCUT2D eigenvalue weighted by atomic mass is 9.52. The molecule has 5 fully saturated rings. The Labute approximate surface area is 207 Å². The smallest absolute Gasteiger partial charge is 0.315 e. The number of aliphatic hydroxyl groups is 1. The molecule has 1 saturated heterocycles. The van der Waals surface area contributed by atoms with Crippen molar-refractivity contribution < 1.29 is 14.7 Å². The third-order valence-electron chi connectivity index (χ3n) is 9.13. The second-order valence-electron chi connectivity index (χ2n) is 11.4. The topological polar surface area (TPSA) is 140 Å². The molecule has 2 amide bonds. The molecule has 3 N–H and O–H groups in total. The van der Waals surface area contributed by atoms with E-state index in [1.54, 1.807) is 12.4 Å². The number of hydrogen-bond acceptors (Lipinski definition) is 6. The van der Waals surface area contributed by atoms with Crippen molar-refractivity contribution in [2.45, 2.75) is 56.6 Å². The number of amides is 2. The van der Waals surface area contributed by atoms with E-state index in [0.29, 0.717) is 55.1 Å². The molecule has 5 aliphatic rings. The van der Waals surface area contributed by atoms with Crippen LogP contribution in [0.25, 0.3) is 21.9 Å². The Morgan fingerprint density at radius 2 is 1.89 bits per heavy atom. The van der Waals surface area contributed by atoms with E-state index in [1.165, 1.54) is 4.90 Å². The second kappa shape index (κ2) is 7.77. The minimum atomic E-state index is -0.694. The number of likely N-dealkylation sites (tertiary alicyclic amines) is 1. The molecule has 3 aromatic rings. The number of aromatic amines is 1. The van der Waals surface area contributed by atoms with Gasteiger partial charge in [-0.1, -0.05) is 0 Å². The number of fused-ring (bicyclic) bond motifs is 3. The number of H-pyrrole nitrogens is 1. The molecule has 10 heteroatoms. The summed E-state index contributed by atoms with van der Waals surface area (Å²) in [4.78, 5) is 36.3. The molecule has 8 rings (SSSR count). The summed E-state index contributed by atoms with van der Waals surface area (Å²) in [7, 11) is 0. The highest BCUT2D eigenvalue weighted by Gasteiger charge is 2.55. The van der Waals surface area contributed by atoms with E-state index in [1.807, 2.05) is 6.07 Å². The highest BCUT2D eigenvalue weighted by atomic mass is 16.3. The Morgan fingerprint density at radius 3 is 2.58 bits per heavy atom. The number of aromatic nitrogens is 4. The van der Waals surface area contributed by atoms with Crippen molar-refractivity contribution in [1.29, 1.82) is 5.26 Å². The zero-order valence-corrected chi connectivity index (χ0v) is 20.0. The van der Waals surface area contributed by atoms with Crippen LogP contribution in [0.1, 0.15) is 51.0 Å². The number of rotatable bonds is 2. The van der Waals surface area contributed by atoms with Crippen LogP contribution >= 0.6 is 0 Å². The molecule has 0 aromatic carbocycles. The first kappa shape index (κ1) is 21.8. The average Bonchev–Trinajstić information content (AvgIpc) is 3.47. The van der Waals surface area contributed by atoms with Crippen molar-refractivity contribution >= 4 is 39.6 Å². The van der Waals surface area contributed by atoms with Crippen LogP contribution < -0.4 is 5.32 Å². The first-order valence-corrected chi connectivity index (χ1v) is 13.0. The SMILES string of the molecule is N#CC1CCN(C(=O)C(=O)Nc2[nH]n(C3[C@@H]4CC5C[C@H]3CC(O)(C5)C4)c3c2cnc2nccc23)CC1. The predicted octanol–water partition coefficient (Wildman–Crippen LogP) is 2.73. The summed E-state index contributed by atoms with van der Waals surface area (Å²) in [5.74, 6) is 0.404. The summed E-state index contributed by atoms with van der Waals surface area (Å²) < 4.78 is 2.16. The van der Waals surface area contributed by atoms with Crippen molar-refractivity contribution in [1.82, 2.24) is 24.6 Å². The third kappa shape index (κ3) is 3.25. The van der Waals surface area contributed by atoms with Gasteiger partial charge in [-0.25, -0.2) is 9.97 Å². The number of anilines is 1. The van der Waals surface area contributed by atoms with Gasteiger partial charge in [-0.2, -0.15) is 5.26 Å². The summed E-state index contributed by atoms with van der Waals surface area (Å²) in [5, 5.41) is 28.1. The lowest BCUT2D eigenvalue weighted by Crippen LogP contribution is -2.55. The van der Waals surface area contributed by atoms with E-state index in [2.05, 4.69) is 31.1 Å². The molecular formula is C26H29N7O3. The van der Waals surface area contributed by atoms with Gasteiger partial charge >= 0.3 is 11.8 Å². The molecule has 4 bridgehead atoms. The minimum Gasteiger partial charge on any atom is -0.390 e. The molecule has 5 atom stereocenters. The fourth-order valence-electron chi connectivity index (χ4n) is 7.84. The van der Waals surface area contributed by atoms with E-state index in [0.717, 1.165) is 48.4 Å². The van der Waals surface area contributed by atoms with Crippen LogP contribution in [0.15, 0.2) is 18.5 Å². The standard InChI is InChI=1S/C26H29N7O3/c27-12-14-2-5-32(6-3-14)25(35)24(34)30-23-19-13-29-22-18(1-4-28-22)21(19)33(31-23)20-16-7-15-8-17(20)11-26(36,9-15)10-16/h1,4,13-17,20,31,36H,2-3,5-11H2,(H,30,34)/t15?,16-,17+,20?,26?. The first-order chi connectivity index (χ1) is 17.4. The van der Waals surface area contributed by atoms with E-state index in [9.17, 15) is 14.7 Å². The van der Waals surface area contributed by atoms with Crippen molar-refractivity contribution in [3.8, 4) is 6.07 Å². The number of nitrogens with zero attached hydrogens (tertiary/aromatic N) is 5. The third-order valence-corrected chi connectivity index (χ3v) is 9.13. The zero-order valence-electron chi connectivity index (χ0n) is 20.0. The van der Waals surface area contributed by atoms with Gasteiger partial charge in [-0.05, 0) is 68.8 Å². The van der Waals surface area contributed by atoms with Gasteiger partial charge in [0.25, 0.3) is 0 Å². The molecular weight excluding hydrogens is 458 g/mol. The maximum Gasteiger partial charge on any atom is 0.315 e. The van der Waals surface area contributed by atoms with Crippen LogP contribution in [0.2, 0.25) is 0 Å². The molecule has 3 aromatic heterocycles. The van der Waals surface area contributed by atoms with Gasteiger partial charge < -0.3 is 15.3 Å². The number of piperidine rings is 1. The quantitative estimate of drug-likeness (QED) is 0.475. The largest absolute Gasteiger partial charge is 0.390 e. The van der Waals surface area contributed by atoms with Crippen molar-refractivity contribution in [2.75, 3.05) is 18.4 Å². The lowest BCUT2D eigenvalue weighted by Gasteiger charge is -2.58. The van der Waals surface area contributed by atoms with E-state index < -0.39 is 17.4 Å². The highest BCUT2D eigenvalue weighted by molar-refractivity contribution is 6.40. The molecule has 0 radical (unpaired) electrons. The molecule has 10 nitrogen and oxygen atoms in total. The summed E-state index contributed by atoms with van der Waals surface area (Å²) >= 11 is 0. The summed E-state index contributed by atoms with van der Waals surface area (Å²) in [6.45, 7) is 0.819. The number of carbonyl (C=O) groups is 2. The number of carbonyl (C=O) groups excluding carboxylic acids is 2. The molecule has 3 unspecified atom stereocenters. The van der Waals surface area contributed by atoms with Crippen LogP contribution in [-0.4, -0.2) is 60.3 Å². The van der Waals surface area contributed by atoms with Gasteiger partial charge in [0.1, 0.15) is 5.82 Å². The highest BCUT2D eigenvalue weighted by Crippen LogP contribution is 2.60. The summed E-state index contributed by atoms with van der Waals surface area (Å²) in [6.07, 6.45) is 9.33. The van der Waals surface area contributed by atoms with Gasteiger partial charge in [0.15, 0.2) is 5.65 Å². The van der Waals surface area contributed by atoms with Crippen molar-refractivity contribution in [3.63, 3.8) is 0 Å². The number of nitriles is 1. The Hall–Kier alpha value is -3.45.